The van der Waals surface area contributed by atoms with Gasteiger partial charge in [-0.2, -0.15) is 5.10 Å². The van der Waals surface area contributed by atoms with Crippen LogP contribution < -0.4 is 5.56 Å². The summed E-state index contributed by atoms with van der Waals surface area (Å²) in [6.45, 7) is 5.55. The van der Waals surface area contributed by atoms with Gasteiger partial charge in [0.15, 0.2) is 0 Å². The maximum absolute atomic E-state index is 12.1. The van der Waals surface area contributed by atoms with Gasteiger partial charge in [0.1, 0.15) is 17.2 Å². The predicted molar refractivity (Wildman–Crippen MR) is 71.8 cm³/mol. The molecule has 2 aromatic rings. The van der Waals surface area contributed by atoms with Crippen molar-refractivity contribution in [1.29, 1.82) is 0 Å². The van der Waals surface area contributed by atoms with Crippen molar-refractivity contribution in [2.75, 3.05) is 0 Å². The second-order valence-electron chi connectivity index (χ2n) is 4.32. The van der Waals surface area contributed by atoms with Crippen molar-refractivity contribution in [3.8, 4) is 0 Å². The molecule has 0 aliphatic carbocycles. The van der Waals surface area contributed by atoms with E-state index in [1.807, 2.05) is 13.8 Å². The van der Waals surface area contributed by atoms with E-state index >= 15 is 0 Å². The van der Waals surface area contributed by atoms with E-state index in [4.69, 9.17) is 16.7 Å². The monoisotopic (exact) mass is 283 g/mol. The fraction of sp³-hybridized carbons (Fsp3) is 0.417. The van der Waals surface area contributed by atoms with E-state index in [0.29, 0.717) is 17.8 Å². The minimum atomic E-state index is -1.09. The number of hydrogen-bond acceptors (Lipinski definition) is 3. The molecule has 0 saturated carbocycles. The molecule has 0 unspecified atom stereocenters. The van der Waals surface area contributed by atoms with Crippen LogP contribution in [0.3, 0.4) is 0 Å². The first-order chi connectivity index (χ1) is 8.88. The van der Waals surface area contributed by atoms with Gasteiger partial charge in [0.25, 0.3) is 5.56 Å². The first-order valence-electron chi connectivity index (χ1n) is 5.86. The lowest BCUT2D eigenvalue weighted by Gasteiger charge is -2.10. The van der Waals surface area contributed by atoms with Gasteiger partial charge in [0, 0.05) is 11.9 Å². The lowest BCUT2D eigenvalue weighted by molar-refractivity contribution is -0.137. The van der Waals surface area contributed by atoms with Gasteiger partial charge in [-0.25, -0.2) is 4.68 Å². The number of pyridine rings is 1. The molecule has 0 atom stereocenters. The van der Waals surface area contributed by atoms with Gasteiger partial charge in [-0.1, -0.05) is 11.6 Å². The molecule has 0 aromatic carbocycles. The van der Waals surface area contributed by atoms with Crippen molar-refractivity contribution >= 4 is 28.6 Å². The maximum Gasteiger partial charge on any atom is 0.323 e. The summed E-state index contributed by atoms with van der Waals surface area (Å²) in [5.74, 6) is -1.09. The maximum atomic E-state index is 12.1. The molecular weight excluding hydrogens is 270 g/mol. The molecule has 0 saturated heterocycles. The predicted octanol–water partition coefficient (Wildman–Crippen LogP) is 1.57. The molecular formula is C12H14ClN3O3. The first kappa shape index (κ1) is 13.6. The van der Waals surface area contributed by atoms with Crippen molar-refractivity contribution < 1.29 is 9.90 Å². The molecule has 19 heavy (non-hydrogen) atoms. The Kier molecular flexibility index (Phi) is 3.36. The summed E-state index contributed by atoms with van der Waals surface area (Å²) in [7, 11) is 0. The number of carboxylic acids is 1. The van der Waals surface area contributed by atoms with Crippen molar-refractivity contribution in [3.05, 3.63) is 26.6 Å². The molecule has 1 N–H and O–H groups in total. The highest BCUT2D eigenvalue weighted by atomic mass is 35.5. The standard InChI is InChI=1S/C12H14ClN3O3/c1-4-16-11-9(7(3)14-16)6(2)10(13)12(19)15(11)5-8(17)18/h4-5H2,1-3H3,(H,17,18). The molecule has 2 heterocycles. The largest absolute Gasteiger partial charge is 0.480 e. The minimum Gasteiger partial charge on any atom is -0.480 e. The number of rotatable bonds is 3. The van der Waals surface area contributed by atoms with E-state index in [1.54, 1.807) is 11.6 Å². The fourth-order valence-corrected chi connectivity index (χ4v) is 2.47. The van der Waals surface area contributed by atoms with Crippen LogP contribution in [0.4, 0.5) is 0 Å². The Morgan fingerprint density at radius 1 is 1.42 bits per heavy atom. The van der Waals surface area contributed by atoms with Crippen molar-refractivity contribution in [2.24, 2.45) is 0 Å². The summed E-state index contributed by atoms with van der Waals surface area (Å²) in [6, 6.07) is 0. The Labute approximate surface area is 114 Å². The summed E-state index contributed by atoms with van der Waals surface area (Å²) in [5, 5.41) is 14.1. The number of fused-ring (bicyclic) bond motifs is 1. The Morgan fingerprint density at radius 3 is 2.58 bits per heavy atom. The SMILES string of the molecule is CCn1nc(C)c2c(C)c(Cl)c(=O)n(CC(=O)O)c21. The van der Waals surface area contributed by atoms with Crippen molar-refractivity contribution in [3.63, 3.8) is 0 Å². The van der Waals surface area contributed by atoms with E-state index in [2.05, 4.69) is 5.10 Å². The van der Waals surface area contributed by atoms with Crippen LogP contribution in [-0.4, -0.2) is 25.4 Å². The molecule has 2 aromatic heterocycles. The third-order valence-electron chi connectivity index (χ3n) is 3.09. The lowest BCUT2D eigenvalue weighted by Crippen LogP contribution is -2.27. The van der Waals surface area contributed by atoms with Gasteiger partial charge in [-0.05, 0) is 26.3 Å². The normalized spacial score (nSPS) is 11.2. The van der Waals surface area contributed by atoms with Crippen molar-refractivity contribution in [1.82, 2.24) is 14.3 Å². The van der Waals surface area contributed by atoms with Gasteiger partial charge in [0.2, 0.25) is 0 Å². The second kappa shape index (κ2) is 4.70. The van der Waals surface area contributed by atoms with Crippen LogP contribution in [0.15, 0.2) is 4.79 Å². The first-order valence-corrected chi connectivity index (χ1v) is 6.24. The summed E-state index contributed by atoms with van der Waals surface area (Å²) in [6.07, 6.45) is 0. The molecule has 0 bridgehead atoms. The Bertz CT molecular complexity index is 730. The number of aromatic nitrogens is 3. The number of carboxylic acid groups (broad SMARTS) is 1. The molecule has 2 rings (SSSR count). The smallest absolute Gasteiger partial charge is 0.323 e. The Morgan fingerprint density at radius 2 is 2.05 bits per heavy atom. The molecule has 7 heteroatoms. The van der Waals surface area contributed by atoms with Crippen molar-refractivity contribution in [2.45, 2.75) is 33.9 Å². The molecule has 0 spiro atoms. The number of aliphatic carboxylic acids is 1. The number of hydrogen-bond donors (Lipinski definition) is 1. The molecule has 6 nitrogen and oxygen atoms in total. The van der Waals surface area contributed by atoms with Crippen LogP contribution in [-0.2, 0) is 17.9 Å². The number of aryl methyl sites for hydroxylation is 3. The zero-order valence-electron chi connectivity index (χ0n) is 10.9. The highest BCUT2D eigenvalue weighted by Crippen LogP contribution is 2.25. The molecule has 0 aliphatic heterocycles. The van der Waals surface area contributed by atoms with E-state index in [0.717, 1.165) is 15.6 Å². The summed E-state index contributed by atoms with van der Waals surface area (Å²) < 4.78 is 2.79. The second-order valence-corrected chi connectivity index (χ2v) is 4.70. The van der Waals surface area contributed by atoms with Gasteiger partial charge >= 0.3 is 5.97 Å². The summed E-state index contributed by atoms with van der Waals surface area (Å²) in [4.78, 5) is 23.1. The lowest BCUT2D eigenvalue weighted by atomic mass is 10.1. The zero-order valence-corrected chi connectivity index (χ0v) is 11.7. The topological polar surface area (TPSA) is 77.1 Å². The van der Waals surface area contributed by atoms with Crippen LogP contribution >= 0.6 is 11.6 Å². The quantitative estimate of drug-likeness (QED) is 0.927. The summed E-state index contributed by atoms with van der Waals surface area (Å²) in [5.41, 5.74) is 1.38. The minimum absolute atomic E-state index is 0.0486. The van der Waals surface area contributed by atoms with Gasteiger partial charge < -0.3 is 5.11 Å². The average molecular weight is 284 g/mol. The van der Waals surface area contributed by atoms with E-state index in [9.17, 15) is 9.59 Å². The molecule has 0 aliphatic rings. The van der Waals surface area contributed by atoms with Crippen LogP contribution in [0.1, 0.15) is 18.2 Å². The molecule has 0 fully saturated rings. The molecule has 102 valence electrons. The van der Waals surface area contributed by atoms with E-state index < -0.39 is 18.1 Å². The number of carbonyl (C=O) groups is 1. The van der Waals surface area contributed by atoms with Gasteiger partial charge in [0.05, 0.1) is 5.69 Å². The van der Waals surface area contributed by atoms with E-state index in [-0.39, 0.29) is 5.02 Å². The average Bonchev–Trinajstić information content (AvgIpc) is 2.68. The highest BCUT2D eigenvalue weighted by Gasteiger charge is 2.20. The number of nitrogens with zero attached hydrogens (tertiary/aromatic N) is 3. The fourth-order valence-electron chi connectivity index (χ4n) is 2.27. The Hall–Kier alpha value is -1.82. The van der Waals surface area contributed by atoms with Gasteiger partial charge in [-0.3, -0.25) is 14.2 Å². The summed E-state index contributed by atoms with van der Waals surface area (Å²) >= 11 is 6.01. The third kappa shape index (κ3) is 2.02. The third-order valence-corrected chi connectivity index (χ3v) is 3.53. The van der Waals surface area contributed by atoms with Crippen LogP contribution in [0.5, 0.6) is 0 Å². The Balaban J connectivity index is 2.99. The molecule has 0 radical (unpaired) electrons. The van der Waals surface area contributed by atoms with Crippen LogP contribution in [0.2, 0.25) is 5.02 Å². The highest BCUT2D eigenvalue weighted by molar-refractivity contribution is 6.32. The number of halogens is 1. The van der Waals surface area contributed by atoms with Crippen LogP contribution in [0, 0.1) is 13.8 Å². The zero-order chi connectivity index (χ0) is 14.3. The van der Waals surface area contributed by atoms with Gasteiger partial charge in [-0.15, -0.1) is 0 Å². The van der Waals surface area contributed by atoms with Crippen LogP contribution in [0.25, 0.3) is 11.0 Å². The molecule has 0 amide bonds. The van der Waals surface area contributed by atoms with E-state index in [1.165, 1.54) is 0 Å².